The van der Waals surface area contributed by atoms with Crippen LogP contribution < -0.4 is 5.32 Å². The molecule has 0 aliphatic heterocycles. The van der Waals surface area contributed by atoms with Gasteiger partial charge in [0.25, 0.3) is 0 Å². The van der Waals surface area contributed by atoms with Gasteiger partial charge in [0.05, 0.1) is 0 Å². The van der Waals surface area contributed by atoms with Gasteiger partial charge in [0.2, 0.25) is 5.91 Å². The van der Waals surface area contributed by atoms with E-state index in [-0.39, 0.29) is 11.7 Å². The van der Waals surface area contributed by atoms with Crippen molar-refractivity contribution >= 4 is 33.7 Å². The second-order valence-corrected chi connectivity index (χ2v) is 5.11. The topological polar surface area (TPSA) is 42.0 Å². The summed E-state index contributed by atoms with van der Waals surface area (Å²) in [5.41, 5.74) is 1.62. The van der Waals surface area contributed by atoms with Gasteiger partial charge in [0.15, 0.2) is 0 Å². The van der Waals surface area contributed by atoms with Gasteiger partial charge in [-0.05, 0) is 58.3 Å². The van der Waals surface area contributed by atoms with E-state index in [1.807, 2.05) is 13.0 Å². The molecule has 0 fully saturated rings. The molecule has 0 radical (unpaired) electrons. The van der Waals surface area contributed by atoms with Crippen LogP contribution in [0.15, 0.2) is 47.1 Å². The van der Waals surface area contributed by atoms with Crippen LogP contribution in [0, 0.1) is 12.7 Å². The number of aromatic nitrogens is 1. The molecule has 5 heteroatoms. The average molecular weight is 335 g/mol. The molecule has 0 saturated carbocycles. The van der Waals surface area contributed by atoms with E-state index in [1.54, 1.807) is 24.4 Å². The molecule has 1 aromatic heterocycles. The van der Waals surface area contributed by atoms with Crippen molar-refractivity contribution in [1.29, 1.82) is 0 Å². The average Bonchev–Trinajstić information content (AvgIpc) is 2.41. The number of hydrogen-bond donors (Lipinski definition) is 1. The molecule has 20 heavy (non-hydrogen) atoms. The number of carbonyl (C=O) groups is 1. The SMILES string of the molecule is Cc1cc(Br)cnc1NC(=O)/C=C/c1ccc(F)cc1. The van der Waals surface area contributed by atoms with Crippen LogP contribution in [0.2, 0.25) is 0 Å². The van der Waals surface area contributed by atoms with Crippen molar-refractivity contribution in [3.05, 3.63) is 64.0 Å². The zero-order valence-electron chi connectivity index (χ0n) is 10.7. The number of aryl methyl sites for hydroxylation is 1. The first-order chi connectivity index (χ1) is 9.54. The fourth-order valence-corrected chi connectivity index (χ4v) is 2.02. The van der Waals surface area contributed by atoms with E-state index < -0.39 is 0 Å². The third-order valence-corrected chi connectivity index (χ3v) is 3.02. The Morgan fingerprint density at radius 1 is 1.35 bits per heavy atom. The quantitative estimate of drug-likeness (QED) is 0.863. The van der Waals surface area contributed by atoms with Crippen molar-refractivity contribution in [2.24, 2.45) is 0 Å². The van der Waals surface area contributed by atoms with Crippen LogP contribution in [0.3, 0.4) is 0 Å². The summed E-state index contributed by atoms with van der Waals surface area (Å²) in [5, 5.41) is 2.69. The second-order valence-electron chi connectivity index (χ2n) is 4.19. The lowest BCUT2D eigenvalue weighted by Gasteiger charge is -2.05. The standard InChI is InChI=1S/C15H12BrFN2O/c1-10-8-12(16)9-18-15(10)19-14(20)7-4-11-2-5-13(17)6-3-11/h2-9H,1H3,(H,18,19,20)/b7-4+. The first-order valence-corrected chi connectivity index (χ1v) is 6.70. The minimum absolute atomic E-state index is 0.285. The highest BCUT2D eigenvalue weighted by Gasteiger charge is 2.03. The van der Waals surface area contributed by atoms with Gasteiger partial charge in [-0.1, -0.05) is 12.1 Å². The molecule has 0 aliphatic carbocycles. The van der Waals surface area contributed by atoms with E-state index in [0.29, 0.717) is 5.82 Å². The molecule has 2 aromatic rings. The fourth-order valence-electron chi connectivity index (χ4n) is 1.58. The van der Waals surface area contributed by atoms with Gasteiger partial charge in [-0.3, -0.25) is 4.79 Å². The van der Waals surface area contributed by atoms with E-state index in [2.05, 4.69) is 26.2 Å². The number of nitrogens with one attached hydrogen (secondary N) is 1. The fraction of sp³-hybridized carbons (Fsp3) is 0.0667. The summed E-state index contributed by atoms with van der Waals surface area (Å²) in [5.74, 6) is -0.0736. The first kappa shape index (κ1) is 14.4. The number of nitrogens with zero attached hydrogens (tertiary/aromatic N) is 1. The Bertz CT molecular complexity index is 653. The minimum atomic E-state index is -0.304. The predicted molar refractivity (Wildman–Crippen MR) is 80.7 cm³/mol. The van der Waals surface area contributed by atoms with Crippen molar-refractivity contribution < 1.29 is 9.18 Å². The Labute approximate surface area is 124 Å². The molecule has 1 amide bonds. The van der Waals surface area contributed by atoms with Crippen molar-refractivity contribution in [2.75, 3.05) is 5.32 Å². The number of carbonyl (C=O) groups excluding carboxylic acids is 1. The third-order valence-electron chi connectivity index (χ3n) is 2.58. The van der Waals surface area contributed by atoms with E-state index in [0.717, 1.165) is 15.6 Å². The highest BCUT2D eigenvalue weighted by Crippen LogP contribution is 2.16. The molecule has 1 N–H and O–H groups in total. The van der Waals surface area contributed by atoms with Gasteiger partial charge in [0.1, 0.15) is 11.6 Å². The number of anilines is 1. The van der Waals surface area contributed by atoms with Crippen LogP contribution in [0.1, 0.15) is 11.1 Å². The summed E-state index contributed by atoms with van der Waals surface area (Å²) in [4.78, 5) is 15.9. The Morgan fingerprint density at radius 3 is 2.70 bits per heavy atom. The van der Waals surface area contributed by atoms with E-state index in [4.69, 9.17) is 0 Å². The van der Waals surface area contributed by atoms with Crippen molar-refractivity contribution in [1.82, 2.24) is 4.98 Å². The Morgan fingerprint density at radius 2 is 2.05 bits per heavy atom. The summed E-state index contributed by atoms with van der Waals surface area (Å²) in [6, 6.07) is 7.76. The molecule has 0 saturated heterocycles. The lowest BCUT2D eigenvalue weighted by molar-refractivity contribution is -0.111. The summed E-state index contributed by atoms with van der Waals surface area (Å²) >= 11 is 3.31. The highest BCUT2D eigenvalue weighted by molar-refractivity contribution is 9.10. The smallest absolute Gasteiger partial charge is 0.249 e. The number of amides is 1. The maximum absolute atomic E-state index is 12.7. The van der Waals surface area contributed by atoms with Crippen LogP contribution in [-0.2, 0) is 4.79 Å². The van der Waals surface area contributed by atoms with Gasteiger partial charge in [-0.15, -0.1) is 0 Å². The summed E-state index contributed by atoms with van der Waals surface area (Å²) in [7, 11) is 0. The van der Waals surface area contributed by atoms with Gasteiger partial charge in [-0.2, -0.15) is 0 Å². The minimum Gasteiger partial charge on any atom is -0.307 e. The number of benzene rings is 1. The molecule has 1 aromatic carbocycles. The van der Waals surface area contributed by atoms with Crippen LogP contribution >= 0.6 is 15.9 Å². The van der Waals surface area contributed by atoms with E-state index in [9.17, 15) is 9.18 Å². The van der Waals surface area contributed by atoms with Crippen molar-refractivity contribution in [2.45, 2.75) is 6.92 Å². The zero-order chi connectivity index (χ0) is 14.5. The Kier molecular flexibility index (Phi) is 4.63. The largest absolute Gasteiger partial charge is 0.307 e. The van der Waals surface area contributed by atoms with Crippen LogP contribution in [-0.4, -0.2) is 10.9 Å². The van der Waals surface area contributed by atoms with E-state index in [1.165, 1.54) is 18.2 Å². The molecule has 0 spiro atoms. The summed E-state index contributed by atoms with van der Waals surface area (Å²) < 4.78 is 13.6. The lowest BCUT2D eigenvalue weighted by atomic mass is 10.2. The number of rotatable bonds is 3. The first-order valence-electron chi connectivity index (χ1n) is 5.91. The van der Waals surface area contributed by atoms with Crippen LogP contribution in [0.4, 0.5) is 10.2 Å². The number of pyridine rings is 1. The third kappa shape index (κ3) is 3.99. The maximum atomic E-state index is 12.7. The van der Waals surface area contributed by atoms with E-state index >= 15 is 0 Å². The molecule has 0 unspecified atom stereocenters. The number of halogens is 2. The monoisotopic (exact) mass is 334 g/mol. The van der Waals surface area contributed by atoms with Crippen LogP contribution in [0.5, 0.6) is 0 Å². The maximum Gasteiger partial charge on any atom is 0.249 e. The molecule has 0 atom stereocenters. The zero-order valence-corrected chi connectivity index (χ0v) is 12.3. The summed E-state index contributed by atoms with van der Waals surface area (Å²) in [6.07, 6.45) is 4.62. The molecule has 3 nitrogen and oxygen atoms in total. The van der Waals surface area contributed by atoms with Crippen molar-refractivity contribution in [3.63, 3.8) is 0 Å². The Balaban J connectivity index is 2.03. The second kappa shape index (κ2) is 6.43. The molecule has 0 bridgehead atoms. The predicted octanol–water partition coefficient (Wildman–Crippen LogP) is 3.94. The normalized spacial score (nSPS) is 10.8. The molecular weight excluding hydrogens is 323 g/mol. The van der Waals surface area contributed by atoms with Crippen molar-refractivity contribution in [3.8, 4) is 0 Å². The molecule has 2 rings (SSSR count). The molecular formula is C15H12BrFN2O. The molecule has 0 aliphatic rings. The van der Waals surface area contributed by atoms with Crippen LogP contribution in [0.25, 0.3) is 6.08 Å². The lowest BCUT2D eigenvalue weighted by Crippen LogP contribution is -2.10. The molecule has 1 heterocycles. The van der Waals surface area contributed by atoms with Gasteiger partial charge in [-0.25, -0.2) is 9.37 Å². The summed E-state index contributed by atoms with van der Waals surface area (Å²) in [6.45, 7) is 1.86. The van der Waals surface area contributed by atoms with Gasteiger partial charge >= 0.3 is 0 Å². The number of hydrogen-bond acceptors (Lipinski definition) is 2. The Hall–Kier alpha value is -2.01. The van der Waals surface area contributed by atoms with Gasteiger partial charge in [0, 0.05) is 16.7 Å². The highest BCUT2D eigenvalue weighted by atomic mass is 79.9. The van der Waals surface area contributed by atoms with Gasteiger partial charge < -0.3 is 5.32 Å². The molecule has 102 valence electrons.